The largest absolute Gasteiger partial charge is 0.332 e. The Balaban J connectivity index is 1.44. The summed E-state index contributed by atoms with van der Waals surface area (Å²) in [4.78, 5) is 19.2. The van der Waals surface area contributed by atoms with Crippen molar-refractivity contribution in [3.8, 4) is 16.9 Å². The standard InChI is InChI=1S/C27H24N4O/c32-26(30(24-14-15-24)19-21-8-7-17-28-18-21)16-13-23-20-31(25-11-5-2-6-12-25)29-27(23)22-9-3-1-4-10-22/h1-13,16-18,20,24H,14-15,19H2/b16-13+. The molecule has 2 aromatic heterocycles. The average Bonchev–Trinajstić information content (AvgIpc) is 3.61. The fourth-order valence-electron chi connectivity index (χ4n) is 3.76. The molecule has 5 nitrogen and oxygen atoms in total. The van der Waals surface area contributed by atoms with Crippen molar-refractivity contribution in [1.82, 2.24) is 19.7 Å². The van der Waals surface area contributed by atoms with Crippen LogP contribution in [-0.4, -0.2) is 31.6 Å². The van der Waals surface area contributed by atoms with Gasteiger partial charge < -0.3 is 4.90 Å². The molecular weight excluding hydrogens is 396 g/mol. The van der Waals surface area contributed by atoms with Gasteiger partial charge in [-0.25, -0.2) is 4.68 Å². The van der Waals surface area contributed by atoms with Crippen LogP contribution in [0.4, 0.5) is 0 Å². The molecule has 0 N–H and O–H groups in total. The maximum Gasteiger partial charge on any atom is 0.247 e. The van der Waals surface area contributed by atoms with E-state index in [-0.39, 0.29) is 5.91 Å². The maximum atomic E-state index is 13.1. The predicted molar refractivity (Wildman–Crippen MR) is 126 cm³/mol. The Morgan fingerprint density at radius 1 is 1.00 bits per heavy atom. The number of nitrogens with zero attached hydrogens (tertiary/aromatic N) is 4. The number of amides is 1. The van der Waals surface area contributed by atoms with Crippen molar-refractivity contribution in [3.05, 3.63) is 109 Å². The highest BCUT2D eigenvalue weighted by atomic mass is 16.2. The van der Waals surface area contributed by atoms with Crippen LogP contribution in [0.2, 0.25) is 0 Å². The van der Waals surface area contributed by atoms with Crippen LogP contribution < -0.4 is 0 Å². The molecule has 2 heterocycles. The van der Waals surface area contributed by atoms with Gasteiger partial charge in [0, 0.05) is 48.4 Å². The molecule has 32 heavy (non-hydrogen) atoms. The Bertz CT molecular complexity index is 1210. The highest BCUT2D eigenvalue weighted by Crippen LogP contribution is 2.29. The molecule has 5 rings (SSSR count). The lowest BCUT2D eigenvalue weighted by Crippen LogP contribution is -2.31. The van der Waals surface area contributed by atoms with E-state index in [0.717, 1.165) is 40.9 Å². The van der Waals surface area contributed by atoms with Crippen molar-refractivity contribution < 1.29 is 4.79 Å². The number of rotatable bonds is 7. The van der Waals surface area contributed by atoms with E-state index in [0.29, 0.717) is 12.6 Å². The molecule has 0 bridgehead atoms. The highest BCUT2D eigenvalue weighted by Gasteiger charge is 2.31. The van der Waals surface area contributed by atoms with Gasteiger partial charge in [0.25, 0.3) is 0 Å². The lowest BCUT2D eigenvalue weighted by molar-refractivity contribution is -0.127. The Kier molecular flexibility index (Phi) is 5.62. The van der Waals surface area contributed by atoms with Crippen LogP contribution in [0, 0.1) is 0 Å². The maximum absolute atomic E-state index is 13.1. The molecular formula is C27H24N4O. The van der Waals surface area contributed by atoms with Gasteiger partial charge in [0.15, 0.2) is 0 Å². The zero-order valence-electron chi connectivity index (χ0n) is 17.7. The third-order valence-electron chi connectivity index (χ3n) is 5.56. The monoisotopic (exact) mass is 420 g/mol. The van der Waals surface area contributed by atoms with Crippen molar-refractivity contribution in [3.63, 3.8) is 0 Å². The van der Waals surface area contributed by atoms with Gasteiger partial charge in [-0.15, -0.1) is 0 Å². The van der Waals surface area contributed by atoms with Crippen LogP contribution in [0.5, 0.6) is 0 Å². The summed E-state index contributed by atoms with van der Waals surface area (Å²) in [7, 11) is 0. The quantitative estimate of drug-likeness (QED) is 0.389. The van der Waals surface area contributed by atoms with Crippen molar-refractivity contribution in [2.24, 2.45) is 0 Å². The van der Waals surface area contributed by atoms with Crippen molar-refractivity contribution in [2.75, 3.05) is 0 Å². The molecule has 0 atom stereocenters. The SMILES string of the molecule is O=C(/C=C/c1cn(-c2ccccc2)nc1-c1ccccc1)N(Cc1cccnc1)C1CC1. The first kappa shape index (κ1) is 19.9. The van der Waals surface area contributed by atoms with E-state index < -0.39 is 0 Å². The minimum Gasteiger partial charge on any atom is -0.332 e. The molecule has 1 fully saturated rings. The summed E-state index contributed by atoms with van der Waals surface area (Å²) in [5.74, 6) is 0.0165. The first-order chi connectivity index (χ1) is 15.8. The fourth-order valence-corrected chi connectivity index (χ4v) is 3.76. The lowest BCUT2D eigenvalue weighted by Gasteiger charge is -2.20. The zero-order chi connectivity index (χ0) is 21.8. The Labute approximate surface area is 187 Å². The topological polar surface area (TPSA) is 51.0 Å². The normalized spacial score (nSPS) is 13.4. The summed E-state index contributed by atoms with van der Waals surface area (Å²) in [5.41, 5.74) is 4.80. The first-order valence-corrected chi connectivity index (χ1v) is 10.9. The van der Waals surface area contributed by atoms with E-state index in [2.05, 4.69) is 4.98 Å². The Hall–Kier alpha value is -3.99. The minimum absolute atomic E-state index is 0.0165. The number of benzene rings is 2. The van der Waals surface area contributed by atoms with Crippen LogP contribution >= 0.6 is 0 Å². The molecule has 0 aliphatic heterocycles. The van der Waals surface area contributed by atoms with E-state index in [1.54, 1.807) is 12.3 Å². The molecule has 1 aliphatic rings. The van der Waals surface area contributed by atoms with E-state index >= 15 is 0 Å². The van der Waals surface area contributed by atoms with Gasteiger partial charge in [-0.05, 0) is 42.7 Å². The summed E-state index contributed by atoms with van der Waals surface area (Å²) in [6.07, 6.45) is 11.2. The number of pyridine rings is 1. The molecule has 0 radical (unpaired) electrons. The van der Waals surface area contributed by atoms with Crippen LogP contribution in [0.1, 0.15) is 24.0 Å². The second kappa shape index (κ2) is 9.02. The Morgan fingerprint density at radius 3 is 2.44 bits per heavy atom. The molecule has 2 aromatic carbocycles. The van der Waals surface area contributed by atoms with Crippen LogP contribution in [0.3, 0.4) is 0 Å². The smallest absolute Gasteiger partial charge is 0.247 e. The van der Waals surface area contributed by atoms with Crippen molar-refractivity contribution in [2.45, 2.75) is 25.4 Å². The van der Waals surface area contributed by atoms with Crippen molar-refractivity contribution >= 4 is 12.0 Å². The third kappa shape index (κ3) is 4.52. The molecule has 158 valence electrons. The number of carbonyl (C=O) groups is 1. The lowest BCUT2D eigenvalue weighted by atomic mass is 10.1. The van der Waals surface area contributed by atoms with Gasteiger partial charge in [-0.3, -0.25) is 9.78 Å². The molecule has 4 aromatic rings. The highest BCUT2D eigenvalue weighted by molar-refractivity contribution is 5.93. The second-order valence-corrected chi connectivity index (χ2v) is 7.97. The van der Waals surface area contributed by atoms with E-state index in [9.17, 15) is 4.79 Å². The summed E-state index contributed by atoms with van der Waals surface area (Å²) >= 11 is 0. The summed E-state index contributed by atoms with van der Waals surface area (Å²) < 4.78 is 1.86. The fraction of sp³-hybridized carbons (Fsp3) is 0.148. The van der Waals surface area contributed by atoms with E-state index in [1.807, 2.05) is 101 Å². The number of hydrogen-bond donors (Lipinski definition) is 0. The minimum atomic E-state index is 0.0165. The molecule has 1 aliphatic carbocycles. The molecule has 0 unspecified atom stereocenters. The summed E-state index contributed by atoms with van der Waals surface area (Å²) in [5, 5.41) is 4.82. The molecule has 0 saturated heterocycles. The van der Waals surface area contributed by atoms with Gasteiger partial charge in [0.1, 0.15) is 0 Å². The van der Waals surface area contributed by atoms with Crippen LogP contribution in [0.15, 0.2) is 97.5 Å². The number of para-hydroxylation sites is 1. The second-order valence-electron chi connectivity index (χ2n) is 7.97. The number of hydrogen-bond acceptors (Lipinski definition) is 3. The summed E-state index contributed by atoms with van der Waals surface area (Å²) in [6.45, 7) is 0.580. The zero-order valence-corrected chi connectivity index (χ0v) is 17.7. The molecule has 1 saturated carbocycles. The molecule has 1 amide bonds. The average molecular weight is 421 g/mol. The van der Waals surface area contributed by atoms with Gasteiger partial charge >= 0.3 is 0 Å². The van der Waals surface area contributed by atoms with Crippen LogP contribution in [0.25, 0.3) is 23.0 Å². The van der Waals surface area contributed by atoms with Crippen LogP contribution in [-0.2, 0) is 11.3 Å². The Morgan fingerprint density at radius 2 is 1.75 bits per heavy atom. The van der Waals surface area contributed by atoms with Gasteiger partial charge in [-0.1, -0.05) is 54.6 Å². The predicted octanol–water partition coefficient (Wildman–Crippen LogP) is 5.14. The van der Waals surface area contributed by atoms with Gasteiger partial charge in [0.05, 0.1) is 11.4 Å². The number of carbonyl (C=O) groups excluding carboxylic acids is 1. The van der Waals surface area contributed by atoms with E-state index in [4.69, 9.17) is 5.10 Å². The third-order valence-corrected chi connectivity index (χ3v) is 5.56. The molecule has 5 heteroatoms. The molecule has 0 spiro atoms. The first-order valence-electron chi connectivity index (χ1n) is 10.9. The summed E-state index contributed by atoms with van der Waals surface area (Å²) in [6, 6.07) is 24.3. The van der Waals surface area contributed by atoms with Gasteiger partial charge in [0.2, 0.25) is 5.91 Å². The number of aromatic nitrogens is 3. The van der Waals surface area contributed by atoms with E-state index in [1.165, 1.54) is 0 Å². The van der Waals surface area contributed by atoms with Gasteiger partial charge in [-0.2, -0.15) is 5.10 Å². The van der Waals surface area contributed by atoms with Crippen molar-refractivity contribution in [1.29, 1.82) is 0 Å².